The Kier molecular flexibility index (Phi) is 15.2. The van der Waals surface area contributed by atoms with E-state index in [1.165, 1.54) is 0 Å². The normalized spacial score (nSPS) is 15.0. The monoisotopic (exact) mass is 603 g/mol. The Morgan fingerprint density at radius 1 is 0.814 bits per heavy atom. The topological polar surface area (TPSA) is 169 Å². The lowest BCUT2D eigenvalue weighted by atomic mass is 9.86. The van der Waals surface area contributed by atoms with Gasteiger partial charge in [-0.15, -0.1) is 0 Å². The molecule has 6 N–H and O–H groups in total. The third-order valence-corrected chi connectivity index (χ3v) is 6.88. The van der Waals surface area contributed by atoms with Gasteiger partial charge in [-0.3, -0.25) is 19.2 Å². The minimum Gasteiger partial charge on any atom is -0.444 e. The van der Waals surface area contributed by atoms with Crippen molar-refractivity contribution in [2.45, 2.75) is 112 Å². The summed E-state index contributed by atoms with van der Waals surface area (Å²) in [6.45, 7) is 16.9. The quantitative estimate of drug-likeness (QED) is 0.194. The van der Waals surface area contributed by atoms with Gasteiger partial charge in [0, 0.05) is 18.5 Å². The van der Waals surface area contributed by atoms with Crippen LogP contribution in [0.4, 0.5) is 4.79 Å². The number of amides is 5. The average Bonchev–Trinajstić information content (AvgIpc) is 2.88. The zero-order valence-corrected chi connectivity index (χ0v) is 27.3. The van der Waals surface area contributed by atoms with E-state index in [-0.39, 0.29) is 35.6 Å². The highest BCUT2D eigenvalue weighted by Crippen LogP contribution is 2.22. The summed E-state index contributed by atoms with van der Waals surface area (Å²) in [7, 11) is 0. The molecule has 11 nitrogen and oxygen atoms in total. The average molecular weight is 604 g/mol. The lowest BCUT2D eigenvalue weighted by Crippen LogP contribution is -2.53. The molecule has 11 heteroatoms. The molecule has 0 heterocycles. The van der Waals surface area contributed by atoms with Crippen LogP contribution in [0.5, 0.6) is 0 Å². The zero-order chi connectivity index (χ0) is 32.9. The molecule has 242 valence electrons. The molecule has 0 bridgehead atoms. The first-order valence-corrected chi connectivity index (χ1v) is 15.1. The van der Waals surface area contributed by atoms with Crippen LogP contribution in [0, 0.1) is 23.7 Å². The summed E-state index contributed by atoms with van der Waals surface area (Å²) in [5.41, 5.74) is 5.52. The lowest BCUT2D eigenvalue weighted by Gasteiger charge is -2.31. The summed E-state index contributed by atoms with van der Waals surface area (Å²) in [5, 5.41) is 11.2. The van der Waals surface area contributed by atoms with E-state index in [1.807, 2.05) is 65.0 Å². The molecule has 1 aromatic rings. The highest BCUT2D eigenvalue weighted by atomic mass is 16.6. The van der Waals surface area contributed by atoms with Crippen LogP contribution in [0.3, 0.4) is 0 Å². The van der Waals surface area contributed by atoms with Crippen molar-refractivity contribution < 1.29 is 28.7 Å². The molecule has 0 fully saturated rings. The molecular formula is C32H53N5O6. The number of nitrogens with one attached hydrogen (secondary N) is 4. The molecule has 0 aliphatic heterocycles. The maximum Gasteiger partial charge on any atom is 0.408 e. The van der Waals surface area contributed by atoms with Crippen LogP contribution in [0.1, 0.15) is 87.1 Å². The number of primary amides is 1. The van der Waals surface area contributed by atoms with Crippen molar-refractivity contribution in [3.05, 3.63) is 35.9 Å². The molecule has 0 aromatic heterocycles. The van der Waals surface area contributed by atoms with E-state index in [0.29, 0.717) is 19.4 Å². The number of carbonyl (C=O) groups is 5. The van der Waals surface area contributed by atoms with E-state index in [9.17, 15) is 24.0 Å². The van der Waals surface area contributed by atoms with Crippen LogP contribution in [-0.4, -0.2) is 53.4 Å². The number of rotatable bonds is 16. The molecule has 1 rings (SSSR count). The van der Waals surface area contributed by atoms with Gasteiger partial charge in [0.25, 0.3) is 0 Å². The number of carbonyl (C=O) groups excluding carboxylic acids is 5. The van der Waals surface area contributed by atoms with Crippen molar-refractivity contribution in [2.24, 2.45) is 29.4 Å². The number of hydrogen-bond acceptors (Lipinski definition) is 6. The van der Waals surface area contributed by atoms with Gasteiger partial charge in [-0.2, -0.15) is 0 Å². The van der Waals surface area contributed by atoms with E-state index in [4.69, 9.17) is 10.5 Å². The highest BCUT2D eigenvalue weighted by Gasteiger charge is 2.32. The number of alkyl carbamates (subject to hydrolysis) is 1. The fourth-order valence-corrected chi connectivity index (χ4v) is 4.64. The van der Waals surface area contributed by atoms with E-state index in [2.05, 4.69) is 21.3 Å². The predicted octanol–water partition coefficient (Wildman–Crippen LogP) is 3.41. The van der Waals surface area contributed by atoms with E-state index < -0.39 is 47.9 Å². The third kappa shape index (κ3) is 14.9. The van der Waals surface area contributed by atoms with Gasteiger partial charge in [-0.25, -0.2) is 4.79 Å². The van der Waals surface area contributed by atoms with E-state index >= 15 is 0 Å². The summed E-state index contributed by atoms with van der Waals surface area (Å²) in [5.74, 6) is -2.33. The van der Waals surface area contributed by atoms with Crippen LogP contribution >= 0.6 is 0 Å². The summed E-state index contributed by atoms with van der Waals surface area (Å²) in [6, 6.07) is 7.28. The smallest absolute Gasteiger partial charge is 0.408 e. The Balaban J connectivity index is 2.90. The second-order valence-electron chi connectivity index (χ2n) is 13.2. The predicted molar refractivity (Wildman–Crippen MR) is 166 cm³/mol. The van der Waals surface area contributed by atoms with Crippen LogP contribution < -0.4 is 27.0 Å². The molecule has 0 saturated carbocycles. The summed E-state index contributed by atoms with van der Waals surface area (Å²) in [4.78, 5) is 63.4. The maximum absolute atomic E-state index is 13.2. The number of ether oxygens (including phenoxy) is 1. The lowest BCUT2D eigenvalue weighted by molar-refractivity contribution is -0.132. The van der Waals surface area contributed by atoms with Gasteiger partial charge in [0.05, 0.1) is 6.42 Å². The molecule has 1 unspecified atom stereocenters. The first-order chi connectivity index (χ1) is 19.9. The molecule has 5 amide bonds. The van der Waals surface area contributed by atoms with Crippen molar-refractivity contribution in [3.63, 3.8) is 0 Å². The van der Waals surface area contributed by atoms with Crippen molar-refractivity contribution in [1.29, 1.82) is 0 Å². The molecule has 0 saturated heterocycles. The molecule has 1 aromatic carbocycles. The first kappa shape index (κ1) is 37.4. The largest absolute Gasteiger partial charge is 0.444 e. The fourth-order valence-electron chi connectivity index (χ4n) is 4.64. The molecular weight excluding hydrogens is 550 g/mol. The second kappa shape index (κ2) is 17.5. The van der Waals surface area contributed by atoms with Crippen LogP contribution in [0.25, 0.3) is 0 Å². The SMILES string of the molecule is CC(C)C[C@H](NC(=O)[C@H](CC(N)=O)NC(=O)OC(C)(C)C)C(C)C[C@@H](C)C(=O)N[C@H](C(=O)NCc1ccccc1)C(C)C. The fraction of sp³-hybridized carbons (Fsp3) is 0.656. The van der Waals surface area contributed by atoms with Crippen LogP contribution in [0.2, 0.25) is 0 Å². The number of benzene rings is 1. The van der Waals surface area contributed by atoms with Gasteiger partial charge in [-0.1, -0.05) is 71.9 Å². The first-order valence-electron chi connectivity index (χ1n) is 15.1. The van der Waals surface area contributed by atoms with Gasteiger partial charge in [0.1, 0.15) is 17.7 Å². The molecule has 43 heavy (non-hydrogen) atoms. The molecule has 0 spiro atoms. The standard InChI is InChI=1S/C32H53N5O6/c1-19(2)15-24(35-29(40)25(17-26(33)38)36-31(42)43-32(7,8)9)21(5)16-22(6)28(39)37-27(20(3)4)30(41)34-18-23-13-11-10-12-14-23/h10-14,19-22,24-25,27H,15-18H2,1-9H3,(H2,33,38)(H,34,41)(H,35,40)(H,36,42)(H,37,39)/t21?,22-,24+,25+,27+/m1/s1. The zero-order valence-electron chi connectivity index (χ0n) is 27.3. The minimum absolute atomic E-state index is 0.128. The highest BCUT2D eigenvalue weighted by molar-refractivity contribution is 5.91. The Morgan fingerprint density at radius 3 is 1.93 bits per heavy atom. The maximum atomic E-state index is 13.2. The molecule has 0 radical (unpaired) electrons. The number of nitrogens with two attached hydrogens (primary N) is 1. The molecule has 0 aliphatic rings. The van der Waals surface area contributed by atoms with Gasteiger partial charge < -0.3 is 31.7 Å². The van der Waals surface area contributed by atoms with Gasteiger partial charge in [0.15, 0.2) is 0 Å². The summed E-state index contributed by atoms with van der Waals surface area (Å²) < 4.78 is 5.24. The summed E-state index contributed by atoms with van der Waals surface area (Å²) in [6.07, 6.45) is -0.191. The van der Waals surface area contributed by atoms with Crippen LogP contribution in [0.15, 0.2) is 30.3 Å². The Hall–Kier alpha value is -3.63. The minimum atomic E-state index is -1.21. The Morgan fingerprint density at radius 2 is 1.42 bits per heavy atom. The Bertz CT molecular complexity index is 1070. The van der Waals surface area contributed by atoms with Crippen molar-refractivity contribution >= 4 is 29.7 Å². The van der Waals surface area contributed by atoms with E-state index in [1.54, 1.807) is 27.7 Å². The van der Waals surface area contributed by atoms with Gasteiger partial charge in [0.2, 0.25) is 23.6 Å². The number of hydrogen-bond donors (Lipinski definition) is 5. The summed E-state index contributed by atoms with van der Waals surface area (Å²) >= 11 is 0. The van der Waals surface area contributed by atoms with Crippen molar-refractivity contribution in [3.8, 4) is 0 Å². The Labute approximate surface area is 256 Å². The van der Waals surface area contributed by atoms with Gasteiger partial charge >= 0.3 is 6.09 Å². The van der Waals surface area contributed by atoms with Gasteiger partial charge in [-0.05, 0) is 56.9 Å². The van der Waals surface area contributed by atoms with Crippen molar-refractivity contribution in [1.82, 2.24) is 21.3 Å². The molecule has 5 atom stereocenters. The third-order valence-electron chi connectivity index (χ3n) is 6.88. The molecule has 0 aliphatic carbocycles. The second-order valence-corrected chi connectivity index (χ2v) is 13.2. The van der Waals surface area contributed by atoms with E-state index in [0.717, 1.165) is 5.56 Å². The van der Waals surface area contributed by atoms with Crippen LogP contribution in [-0.2, 0) is 30.5 Å². The van der Waals surface area contributed by atoms with Crippen molar-refractivity contribution in [2.75, 3.05) is 0 Å².